The smallest absolute Gasteiger partial charge is 0.271 e. The quantitative estimate of drug-likeness (QED) is 0.760. The summed E-state index contributed by atoms with van der Waals surface area (Å²) in [7, 11) is 0. The van der Waals surface area contributed by atoms with Crippen LogP contribution in [0.4, 0.5) is 0 Å². The first-order valence-electron chi connectivity index (χ1n) is 7.30. The summed E-state index contributed by atoms with van der Waals surface area (Å²) in [5, 5.41) is 15.8. The number of aromatic nitrogens is 4. The summed E-state index contributed by atoms with van der Waals surface area (Å²) in [6, 6.07) is 3.30. The van der Waals surface area contributed by atoms with Crippen molar-refractivity contribution < 1.29 is 9.59 Å². The van der Waals surface area contributed by atoms with Crippen molar-refractivity contribution in [2.75, 3.05) is 19.6 Å². The van der Waals surface area contributed by atoms with Crippen LogP contribution in [-0.4, -0.2) is 56.7 Å². The van der Waals surface area contributed by atoms with Gasteiger partial charge in [0.05, 0.1) is 0 Å². The first-order valence-corrected chi connectivity index (χ1v) is 7.30. The SMILES string of the molecule is O=C(NCC1CCCN(C(=O)c2ccn[nH]2)C1)c1ccn[nH]1. The van der Waals surface area contributed by atoms with Crippen LogP contribution in [0, 0.1) is 5.92 Å². The van der Waals surface area contributed by atoms with E-state index in [0.717, 1.165) is 19.4 Å². The molecule has 3 heterocycles. The predicted molar refractivity (Wildman–Crippen MR) is 78.1 cm³/mol. The molecule has 116 valence electrons. The van der Waals surface area contributed by atoms with E-state index in [4.69, 9.17) is 0 Å². The lowest BCUT2D eigenvalue weighted by atomic mass is 9.97. The fourth-order valence-electron chi connectivity index (χ4n) is 2.68. The predicted octanol–water partition coefficient (Wildman–Crippen LogP) is 0.415. The maximum absolute atomic E-state index is 12.3. The fourth-order valence-corrected chi connectivity index (χ4v) is 2.68. The van der Waals surface area contributed by atoms with E-state index in [0.29, 0.717) is 24.5 Å². The average Bonchev–Trinajstić information content (AvgIpc) is 3.25. The molecule has 1 aliphatic heterocycles. The molecule has 2 amide bonds. The van der Waals surface area contributed by atoms with Crippen molar-refractivity contribution in [3.63, 3.8) is 0 Å². The number of rotatable bonds is 4. The largest absolute Gasteiger partial charge is 0.350 e. The van der Waals surface area contributed by atoms with Gasteiger partial charge in [-0.1, -0.05) is 0 Å². The second kappa shape index (κ2) is 6.42. The average molecular weight is 302 g/mol. The third kappa shape index (κ3) is 3.16. The molecule has 2 aromatic rings. The molecule has 8 heteroatoms. The van der Waals surface area contributed by atoms with Gasteiger partial charge in [0, 0.05) is 32.0 Å². The van der Waals surface area contributed by atoms with E-state index in [1.807, 2.05) is 4.90 Å². The molecule has 2 aromatic heterocycles. The molecule has 1 aliphatic rings. The number of likely N-dealkylation sites (tertiary alicyclic amines) is 1. The number of aromatic amines is 2. The Labute approximate surface area is 127 Å². The summed E-state index contributed by atoms with van der Waals surface area (Å²) < 4.78 is 0. The van der Waals surface area contributed by atoms with Gasteiger partial charge in [0.25, 0.3) is 11.8 Å². The van der Waals surface area contributed by atoms with Gasteiger partial charge in [-0.25, -0.2) is 0 Å². The zero-order valence-electron chi connectivity index (χ0n) is 12.1. The minimum Gasteiger partial charge on any atom is -0.350 e. The Morgan fingerprint density at radius 3 is 2.64 bits per heavy atom. The van der Waals surface area contributed by atoms with Crippen molar-refractivity contribution >= 4 is 11.8 Å². The number of amides is 2. The Morgan fingerprint density at radius 2 is 1.95 bits per heavy atom. The first kappa shape index (κ1) is 14.3. The molecule has 8 nitrogen and oxygen atoms in total. The molecule has 0 aromatic carbocycles. The molecule has 0 bridgehead atoms. The van der Waals surface area contributed by atoms with Crippen LogP contribution < -0.4 is 5.32 Å². The second-order valence-corrected chi connectivity index (χ2v) is 5.41. The van der Waals surface area contributed by atoms with E-state index in [-0.39, 0.29) is 17.7 Å². The summed E-state index contributed by atoms with van der Waals surface area (Å²) in [4.78, 5) is 26.0. The maximum atomic E-state index is 12.3. The normalized spacial score (nSPS) is 18.2. The van der Waals surface area contributed by atoms with Crippen LogP contribution in [0.2, 0.25) is 0 Å². The minimum absolute atomic E-state index is 0.0397. The maximum Gasteiger partial charge on any atom is 0.271 e. The van der Waals surface area contributed by atoms with E-state index in [1.165, 1.54) is 0 Å². The molecule has 1 atom stereocenters. The standard InChI is InChI=1S/C14H18N6O2/c21-13(11-3-5-16-18-11)15-8-10-2-1-7-20(9-10)14(22)12-4-6-17-19-12/h3-6,10H,1-2,7-9H2,(H,15,21)(H,16,18)(H,17,19). The lowest BCUT2D eigenvalue weighted by Gasteiger charge is -2.32. The molecular weight excluding hydrogens is 284 g/mol. The Hall–Kier alpha value is -2.64. The van der Waals surface area contributed by atoms with Crippen LogP contribution in [0.5, 0.6) is 0 Å². The number of piperidine rings is 1. The third-order valence-electron chi connectivity index (χ3n) is 3.83. The summed E-state index contributed by atoms with van der Waals surface area (Å²) in [5.74, 6) is 0.0455. The van der Waals surface area contributed by atoms with Crippen LogP contribution in [-0.2, 0) is 0 Å². The molecular formula is C14H18N6O2. The molecule has 0 radical (unpaired) electrons. The molecule has 3 N–H and O–H groups in total. The van der Waals surface area contributed by atoms with Crippen LogP contribution in [0.15, 0.2) is 24.5 Å². The molecule has 1 unspecified atom stereocenters. The van der Waals surface area contributed by atoms with E-state index in [1.54, 1.807) is 24.5 Å². The molecule has 0 saturated carbocycles. The van der Waals surface area contributed by atoms with Crippen LogP contribution in [0.1, 0.15) is 33.8 Å². The summed E-state index contributed by atoms with van der Waals surface area (Å²) in [5.41, 5.74) is 0.948. The van der Waals surface area contributed by atoms with Gasteiger partial charge in [-0.05, 0) is 30.9 Å². The molecule has 0 spiro atoms. The van der Waals surface area contributed by atoms with Crippen molar-refractivity contribution in [3.05, 3.63) is 35.9 Å². The van der Waals surface area contributed by atoms with Crippen LogP contribution in [0.3, 0.4) is 0 Å². The zero-order valence-corrected chi connectivity index (χ0v) is 12.1. The minimum atomic E-state index is -0.172. The van der Waals surface area contributed by atoms with Crippen molar-refractivity contribution in [1.82, 2.24) is 30.6 Å². The number of hydrogen-bond acceptors (Lipinski definition) is 4. The van der Waals surface area contributed by atoms with Crippen molar-refractivity contribution in [3.8, 4) is 0 Å². The molecule has 1 fully saturated rings. The lowest BCUT2D eigenvalue weighted by molar-refractivity contribution is 0.0665. The lowest BCUT2D eigenvalue weighted by Crippen LogP contribution is -2.43. The number of hydrogen-bond donors (Lipinski definition) is 3. The number of nitrogens with one attached hydrogen (secondary N) is 3. The third-order valence-corrected chi connectivity index (χ3v) is 3.83. The highest BCUT2D eigenvalue weighted by Crippen LogP contribution is 2.17. The van der Waals surface area contributed by atoms with Gasteiger partial charge in [-0.3, -0.25) is 19.8 Å². The van der Waals surface area contributed by atoms with Gasteiger partial charge in [-0.15, -0.1) is 0 Å². The molecule has 22 heavy (non-hydrogen) atoms. The Bertz CT molecular complexity index is 622. The number of carbonyl (C=O) groups excluding carboxylic acids is 2. The van der Waals surface area contributed by atoms with Gasteiger partial charge >= 0.3 is 0 Å². The van der Waals surface area contributed by atoms with Gasteiger partial charge in [0.2, 0.25) is 0 Å². The highest BCUT2D eigenvalue weighted by Gasteiger charge is 2.25. The Kier molecular flexibility index (Phi) is 4.17. The highest BCUT2D eigenvalue weighted by molar-refractivity contribution is 5.92. The van der Waals surface area contributed by atoms with Gasteiger partial charge in [0.15, 0.2) is 0 Å². The number of carbonyl (C=O) groups is 2. The van der Waals surface area contributed by atoms with Crippen molar-refractivity contribution in [2.45, 2.75) is 12.8 Å². The second-order valence-electron chi connectivity index (χ2n) is 5.41. The van der Waals surface area contributed by atoms with E-state index >= 15 is 0 Å². The van der Waals surface area contributed by atoms with Gasteiger partial charge < -0.3 is 10.2 Å². The summed E-state index contributed by atoms with van der Waals surface area (Å²) >= 11 is 0. The monoisotopic (exact) mass is 302 g/mol. The van der Waals surface area contributed by atoms with Gasteiger partial charge in [-0.2, -0.15) is 10.2 Å². The Morgan fingerprint density at radius 1 is 1.23 bits per heavy atom. The number of nitrogens with zero attached hydrogens (tertiary/aromatic N) is 3. The van der Waals surface area contributed by atoms with E-state index in [9.17, 15) is 9.59 Å². The highest BCUT2D eigenvalue weighted by atomic mass is 16.2. The molecule has 3 rings (SSSR count). The Balaban J connectivity index is 1.52. The number of H-pyrrole nitrogens is 2. The summed E-state index contributed by atoms with van der Waals surface area (Å²) in [6.07, 6.45) is 5.04. The van der Waals surface area contributed by atoms with E-state index < -0.39 is 0 Å². The molecule has 0 aliphatic carbocycles. The topological polar surface area (TPSA) is 107 Å². The first-order chi connectivity index (χ1) is 10.7. The fraction of sp³-hybridized carbons (Fsp3) is 0.429. The van der Waals surface area contributed by atoms with E-state index in [2.05, 4.69) is 25.7 Å². The zero-order chi connectivity index (χ0) is 15.4. The van der Waals surface area contributed by atoms with Crippen molar-refractivity contribution in [1.29, 1.82) is 0 Å². The summed E-state index contributed by atoms with van der Waals surface area (Å²) in [6.45, 7) is 1.93. The van der Waals surface area contributed by atoms with Crippen molar-refractivity contribution in [2.24, 2.45) is 5.92 Å². The molecule has 1 saturated heterocycles. The van der Waals surface area contributed by atoms with Gasteiger partial charge in [0.1, 0.15) is 11.4 Å². The van der Waals surface area contributed by atoms with Crippen LogP contribution >= 0.6 is 0 Å². The van der Waals surface area contributed by atoms with Crippen LogP contribution in [0.25, 0.3) is 0 Å².